The number of hydrogen-bond acceptors (Lipinski definition) is 5. The average Bonchev–Trinajstić information content (AvgIpc) is 3.07. The maximum Gasteiger partial charge on any atom is 0.248 e. The van der Waals surface area contributed by atoms with Gasteiger partial charge in [-0.2, -0.15) is 0 Å². The van der Waals surface area contributed by atoms with E-state index in [0.717, 1.165) is 12.0 Å². The van der Waals surface area contributed by atoms with Gasteiger partial charge in [-0.25, -0.2) is 0 Å². The fraction of sp³-hybridized carbons (Fsp3) is 0.158. The zero-order valence-electron chi connectivity index (χ0n) is 13.6. The Morgan fingerprint density at radius 1 is 1.29 bits per heavy atom. The minimum atomic E-state index is 0.0193. The van der Waals surface area contributed by atoms with Crippen LogP contribution in [0.4, 0.5) is 0 Å². The van der Waals surface area contributed by atoms with Gasteiger partial charge in [-0.05, 0) is 30.7 Å². The molecule has 24 heavy (non-hydrogen) atoms. The third-order valence-electron chi connectivity index (χ3n) is 3.08. The number of ether oxygens (including phenoxy) is 1. The van der Waals surface area contributed by atoms with E-state index in [2.05, 4.69) is 23.4 Å². The quantitative estimate of drug-likeness (QED) is 0.559. The van der Waals surface area contributed by atoms with Crippen molar-refractivity contribution in [2.75, 3.05) is 6.61 Å². The van der Waals surface area contributed by atoms with Gasteiger partial charge in [0.25, 0.3) is 0 Å². The van der Waals surface area contributed by atoms with Crippen molar-refractivity contribution >= 4 is 11.8 Å². The number of benzene rings is 1. The molecule has 1 aromatic heterocycles. The van der Waals surface area contributed by atoms with E-state index in [1.807, 2.05) is 6.92 Å². The second kappa shape index (κ2) is 8.53. The van der Waals surface area contributed by atoms with E-state index >= 15 is 0 Å². The molecule has 5 heteroatoms. The van der Waals surface area contributed by atoms with Gasteiger partial charge in [-0.15, -0.1) is 10.2 Å². The Bertz CT molecular complexity index is 755. The van der Waals surface area contributed by atoms with E-state index in [1.165, 1.54) is 0 Å². The lowest BCUT2D eigenvalue weighted by Crippen LogP contribution is -1.89. The molecule has 0 bridgehead atoms. The molecule has 5 nitrogen and oxygen atoms in total. The molecule has 124 valence electrons. The van der Waals surface area contributed by atoms with Crippen molar-refractivity contribution in [3.63, 3.8) is 0 Å². The van der Waals surface area contributed by atoms with Crippen molar-refractivity contribution < 1.29 is 14.3 Å². The highest BCUT2D eigenvalue weighted by Gasteiger charge is 2.07. The predicted octanol–water partition coefficient (Wildman–Crippen LogP) is 4.78. The van der Waals surface area contributed by atoms with Crippen molar-refractivity contribution in [1.82, 2.24) is 10.2 Å². The van der Waals surface area contributed by atoms with Gasteiger partial charge in [0.2, 0.25) is 11.8 Å². The van der Waals surface area contributed by atoms with Gasteiger partial charge in [0.05, 0.1) is 6.61 Å². The van der Waals surface area contributed by atoms with Crippen LogP contribution in [0.25, 0.3) is 23.3 Å². The number of rotatable bonds is 8. The maximum absolute atomic E-state index is 9.33. The summed E-state index contributed by atoms with van der Waals surface area (Å²) in [4.78, 5) is 0. The molecule has 0 fully saturated rings. The number of aliphatic hydroxyl groups is 1. The van der Waals surface area contributed by atoms with E-state index in [-0.39, 0.29) is 5.76 Å². The first-order valence-corrected chi connectivity index (χ1v) is 7.59. The van der Waals surface area contributed by atoms with Gasteiger partial charge < -0.3 is 14.3 Å². The molecule has 0 radical (unpaired) electrons. The molecular weight excluding hydrogens is 304 g/mol. The molecule has 0 atom stereocenters. The summed E-state index contributed by atoms with van der Waals surface area (Å²) in [6, 6.07) is 7.04. The second-order valence-electron chi connectivity index (χ2n) is 4.95. The lowest BCUT2D eigenvalue weighted by molar-refractivity contribution is 0.225. The van der Waals surface area contributed by atoms with Crippen molar-refractivity contribution in [3.8, 4) is 11.5 Å². The van der Waals surface area contributed by atoms with E-state index in [1.54, 1.807) is 48.6 Å². The van der Waals surface area contributed by atoms with Crippen LogP contribution in [-0.4, -0.2) is 21.9 Å². The van der Waals surface area contributed by atoms with Crippen LogP contribution in [0, 0.1) is 0 Å². The summed E-state index contributed by atoms with van der Waals surface area (Å²) in [6.07, 6.45) is 7.83. The summed E-state index contributed by atoms with van der Waals surface area (Å²) >= 11 is 0. The maximum atomic E-state index is 9.33. The monoisotopic (exact) mass is 324 g/mol. The summed E-state index contributed by atoms with van der Waals surface area (Å²) in [5, 5.41) is 17.3. The van der Waals surface area contributed by atoms with Crippen LogP contribution in [0.2, 0.25) is 0 Å². The molecule has 1 aromatic carbocycles. The first-order chi connectivity index (χ1) is 11.6. The van der Waals surface area contributed by atoms with Crippen molar-refractivity contribution in [3.05, 3.63) is 72.9 Å². The van der Waals surface area contributed by atoms with Gasteiger partial charge in [0.15, 0.2) is 0 Å². The van der Waals surface area contributed by atoms with Gasteiger partial charge in [0.1, 0.15) is 11.5 Å². The zero-order chi connectivity index (χ0) is 17.4. The molecular formula is C19H20N2O3. The topological polar surface area (TPSA) is 68.4 Å². The number of nitrogens with zero attached hydrogens (tertiary/aromatic N) is 2. The highest BCUT2D eigenvalue weighted by Crippen LogP contribution is 2.20. The third kappa shape index (κ3) is 4.71. The molecule has 2 aromatic rings. The highest BCUT2D eigenvalue weighted by molar-refractivity contribution is 5.61. The number of hydrogen-bond donors (Lipinski definition) is 1. The van der Waals surface area contributed by atoms with Crippen LogP contribution < -0.4 is 0 Å². The molecule has 0 aliphatic rings. The molecule has 0 aliphatic heterocycles. The van der Waals surface area contributed by atoms with Crippen LogP contribution in [0.1, 0.15) is 24.8 Å². The Labute approximate surface area is 141 Å². The first-order valence-electron chi connectivity index (χ1n) is 7.59. The molecule has 0 saturated heterocycles. The van der Waals surface area contributed by atoms with Gasteiger partial charge in [0, 0.05) is 17.2 Å². The second-order valence-corrected chi connectivity index (χ2v) is 4.95. The Morgan fingerprint density at radius 3 is 2.67 bits per heavy atom. The molecule has 0 spiro atoms. The summed E-state index contributed by atoms with van der Waals surface area (Å²) < 4.78 is 11.1. The average molecular weight is 324 g/mol. The zero-order valence-corrected chi connectivity index (χ0v) is 13.6. The van der Waals surface area contributed by atoms with Crippen LogP contribution >= 0.6 is 0 Å². The summed E-state index contributed by atoms with van der Waals surface area (Å²) in [5.74, 6) is 1.49. The van der Waals surface area contributed by atoms with Crippen LogP contribution in [0.15, 0.2) is 65.8 Å². The van der Waals surface area contributed by atoms with Crippen LogP contribution in [0.5, 0.6) is 0 Å². The number of aromatic nitrogens is 2. The first kappa shape index (κ1) is 17.3. The molecule has 0 amide bonds. The molecule has 0 unspecified atom stereocenters. The van der Waals surface area contributed by atoms with Gasteiger partial charge >= 0.3 is 0 Å². The number of allylic oxidation sites excluding steroid dienone is 3. The van der Waals surface area contributed by atoms with Crippen LogP contribution in [0.3, 0.4) is 0 Å². The molecule has 0 saturated carbocycles. The third-order valence-corrected chi connectivity index (χ3v) is 3.08. The van der Waals surface area contributed by atoms with E-state index in [9.17, 15) is 5.11 Å². The highest BCUT2D eigenvalue weighted by atomic mass is 16.5. The molecule has 0 aliphatic carbocycles. The summed E-state index contributed by atoms with van der Waals surface area (Å²) in [7, 11) is 0. The Kier molecular flexibility index (Phi) is 6.14. The SMILES string of the molecule is C=C/C(=C\C=C\c1nnc(-c2ccc(C(=C)O)cc2)o1)OCCC. The normalized spacial score (nSPS) is 11.6. The smallest absolute Gasteiger partial charge is 0.248 e. The van der Waals surface area contributed by atoms with Crippen molar-refractivity contribution in [2.45, 2.75) is 13.3 Å². The fourth-order valence-electron chi connectivity index (χ4n) is 1.84. The standard InChI is InChI=1S/C19H20N2O3/c1-4-13-23-17(5-2)7-6-8-18-20-21-19(24-18)16-11-9-15(10-12-16)14(3)22/h5-12,22H,2-4,13H2,1H3/b8-6+,17-7+. The number of aliphatic hydroxyl groups excluding tert-OH is 1. The predicted molar refractivity (Wildman–Crippen MR) is 95.0 cm³/mol. The van der Waals surface area contributed by atoms with E-state index < -0.39 is 0 Å². The van der Waals surface area contributed by atoms with Gasteiger partial charge in [-0.1, -0.05) is 38.3 Å². The Balaban J connectivity index is 2.07. The lowest BCUT2D eigenvalue weighted by atomic mass is 10.1. The minimum absolute atomic E-state index is 0.0193. The van der Waals surface area contributed by atoms with Gasteiger partial charge in [-0.3, -0.25) is 0 Å². The molecule has 2 rings (SSSR count). The van der Waals surface area contributed by atoms with E-state index in [0.29, 0.717) is 29.7 Å². The summed E-state index contributed by atoms with van der Waals surface area (Å²) in [5.41, 5.74) is 1.41. The largest absolute Gasteiger partial charge is 0.508 e. The fourth-order valence-corrected chi connectivity index (χ4v) is 1.84. The van der Waals surface area contributed by atoms with Crippen LogP contribution in [-0.2, 0) is 4.74 Å². The Morgan fingerprint density at radius 2 is 2.04 bits per heavy atom. The minimum Gasteiger partial charge on any atom is -0.508 e. The lowest BCUT2D eigenvalue weighted by Gasteiger charge is -2.02. The van der Waals surface area contributed by atoms with Crippen molar-refractivity contribution in [2.24, 2.45) is 0 Å². The van der Waals surface area contributed by atoms with Crippen molar-refractivity contribution in [1.29, 1.82) is 0 Å². The molecule has 1 heterocycles. The van der Waals surface area contributed by atoms with E-state index in [4.69, 9.17) is 9.15 Å². The summed E-state index contributed by atoms with van der Waals surface area (Å²) in [6.45, 7) is 9.86. The molecule has 1 N–H and O–H groups in total. The Hall–Kier alpha value is -3.08.